The first-order valence-corrected chi connectivity index (χ1v) is 5.37. The average Bonchev–Trinajstić information content (AvgIpc) is 2.32. The van der Waals surface area contributed by atoms with Crippen LogP contribution in [0.2, 0.25) is 0 Å². The van der Waals surface area contributed by atoms with Crippen molar-refractivity contribution in [3.8, 4) is 0 Å². The molecule has 0 radical (unpaired) electrons. The third-order valence-electron chi connectivity index (χ3n) is 2.84. The number of benzene rings is 1. The predicted octanol–water partition coefficient (Wildman–Crippen LogP) is 1.03. The monoisotopic (exact) mass is 220 g/mol. The molecule has 2 rings (SSSR count). The number of aryl methyl sites for hydroxylation is 1. The smallest absolute Gasteiger partial charge is 0.229 e. The highest BCUT2D eigenvalue weighted by Crippen LogP contribution is 2.28. The van der Waals surface area contributed by atoms with Gasteiger partial charge in [-0.05, 0) is 23.6 Å². The predicted molar refractivity (Wildman–Crippen MR) is 62.0 cm³/mol. The molecule has 0 aliphatic carbocycles. The Bertz CT molecular complexity index is 404. The van der Waals surface area contributed by atoms with Gasteiger partial charge in [0.25, 0.3) is 0 Å². The number of hydrogen-bond donors (Lipinski definition) is 1. The quantitative estimate of drug-likeness (QED) is 0.827. The van der Waals surface area contributed by atoms with Crippen LogP contribution in [0.1, 0.15) is 17.5 Å². The van der Waals surface area contributed by atoms with Crippen molar-refractivity contribution < 1.29 is 9.53 Å². The van der Waals surface area contributed by atoms with Gasteiger partial charge in [-0.1, -0.05) is 12.1 Å². The van der Waals surface area contributed by atoms with Gasteiger partial charge in [-0.25, -0.2) is 0 Å². The molecule has 0 aromatic heterocycles. The van der Waals surface area contributed by atoms with Crippen molar-refractivity contribution in [1.82, 2.24) is 0 Å². The molecule has 1 aromatic rings. The van der Waals surface area contributed by atoms with Crippen molar-refractivity contribution in [3.05, 3.63) is 29.3 Å². The van der Waals surface area contributed by atoms with E-state index in [9.17, 15) is 4.79 Å². The zero-order chi connectivity index (χ0) is 11.5. The number of hydrogen-bond acceptors (Lipinski definition) is 3. The molecular formula is C12H16N2O2. The molecule has 0 saturated heterocycles. The Labute approximate surface area is 95.0 Å². The van der Waals surface area contributed by atoms with Crippen molar-refractivity contribution >= 4 is 11.6 Å². The van der Waals surface area contributed by atoms with Crippen LogP contribution in [-0.2, 0) is 22.5 Å². The maximum absolute atomic E-state index is 11.7. The van der Waals surface area contributed by atoms with Gasteiger partial charge in [-0.15, -0.1) is 0 Å². The van der Waals surface area contributed by atoms with E-state index in [2.05, 4.69) is 6.07 Å². The van der Waals surface area contributed by atoms with Crippen molar-refractivity contribution in [3.63, 3.8) is 0 Å². The van der Waals surface area contributed by atoms with Crippen LogP contribution in [-0.4, -0.2) is 19.7 Å². The first kappa shape index (κ1) is 11.1. The Morgan fingerprint density at radius 3 is 2.94 bits per heavy atom. The lowest BCUT2D eigenvalue weighted by Gasteiger charge is -2.29. The van der Waals surface area contributed by atoms with Crippen LogP contribution in [0.25, 0.3) is 0 Å². The minimum Gasteiger partial charge on any atom is -0.364 e. The largest absolute Gasteiger partial charge is 0.364 e. The molecule has 0 bridgehead atoms. The second-order valence-electron chi connectivity index (χ2n) is 3.91. The number of carbonyl (C=O) groups excluding carboxylic acids is 1. The summed E-state index contributed by atoms with van der Waals surface area (Å²) in [7, 11) is 1.59. The number of anilines is 1. The summed E-state index contributed by atoms with van der Waals surface area (Å²) in [5.41, 5.74) is 8.83. The summed E-state index contributed by atoms with van der Waals surface area (Å²) in [5, 5.41) is 0. The van der Waals surface area contributed by atoms with E-state index in [1.165, 1.54) is 5.56 Å². The van der Waals surface area contributed by atoms with Crippen molar-refractivity contribution in [2.75, 3.05) is 18.7 Å². The molecule has 0 unspecified atom stereocenters. The fraction of sp³-hybridized carbons (Fsp3) is 0.417. The lowest BCUT2D eigenvalue weighted by molar-refractivity contribution is -0.119. The first-order valence-electron chi connectivity index (χ1n) is 5.37. The number of fused-ring (bicyclic) bond motifs is 1. The zero-order valence-corrected chi connectivity index (χ0v) is 9.40. The van der Waals surface area contributed by atoms with E-state index in [1.807, 2.05) is 12.1 Å². The molecule has 1 amide bonds. The summed E-state index contributed by atoms with van der Waals surface area (Å²) in [5.74, 6) is 0.120. The van der Waals surface area contributed by atoms with Crippen molar-refractivity contribution in [2.24, 2.45) is 5.73 Å². The van der Waals surface area contributed by atoms with Crippen molar-refractivity contribution in [1.29, 1.82) is 0 Å². The topological polar surface area (TPSA) is 55.6 Å². The number of carbonyl (C=O) groups is 1. The Morgan fingerprint density at radius 1 is 1.44 bits per heavy atom. The Kier molecular flexibility index (Phi) is 3.22. The molecule has 1 aromatic carbocycles. The molecule has 4 nitrogen and oxygen atoms in total. The molecule has 0 saturated carbocycles. The van der Waals surface area contributed by atoms with E-state index in [-0.39, 0.29) is 5.91 Å². The number of amides is 1. The van der Waals surface area contributed by atoms with E-state index >= 15 is 0 Å². The maximum Gasteiger partial charge on any atom is 0.229 e. The summed E-state index contributed by atoms with van der Waals surface area (Å²) < 4.78 is 5.05. The minimum atomic E-state index is 0.120. The Morgan fingerprint density at radius 2 is 2.25 bits per heavy atom. The zero-order valence-electron chi connectivity index (χ0n) is 9.40. The Hall–Kier alpha value is -1.39. The van der Waals surface area contributed by atoms with Gasteiger partial charge in [0.1, 0.15) is 6.73 Å². The van der Waals surface area contributed by atoms with Crippen molar-refractivity contribution in [2.45, 2.75) is 19.4 Å². The molecule has 1 heterocycles. The number of nitrogens with zero attached hydrogens (tertiary/aromatic N) is 1. The van der Waals surface area contributed by atoms with Gasteiger partial charge >= 0.3 is 0 Å². The lowest BCUT2D eigenvalue weighted by Crippen LogP contribution is -2.36. The standard InChI is InChI=1S/C12H16N2O2/c1-16-8-14-11-4-2-9(7-13)6-10(11)3-5-12(14)15/h2,4,6H,3,5,7-8,13H2,1H3. The molecule has 1 aliphatic heterocycles. The molecule has 2 N–H and O–H groups in total. The van der Waals surface area contributed by atoms with E-state index < -0.39 is 0 Å². The summed E-state index contributed by atoms with van der Waals surface area (Å²) in [6, 6.07) is 5.98. The van der Waals surface area contributed by atoms with E-state index in [0.717, 1.165) is 17.7 Å². The number of ether oxygens (including phenoxy) is 1. The van der Waals surface area contributed by atoms with E-state index in [0.29, 0.717) is 19.7 Å². The maximum atomic E-state index is 11.7. The molecule has 0 fully saturated rings. The first-order chi connectivity index (χ1) is 7.76. The second-order valence-corrected chi connectivity index (χ2v) is 3.91. The summed E-state index contributed by atoms with van der Waals surface area (Å²) >= 11 is 0. The number of nitrogens with two attached hydrogens (primary N) is 1. The summed E-state index contributed by atoms with van der Waals surface area (Å²) in [6.45, 7) is 0.847. The van der Waals surface area contributed by atoms with Gasteiger partial charge in [0.2, 0.25) is 5.91 Å². The SMILES string of the molecule is COCN1C(=O)CCc2cc(CN)ccc21. The molecule has 16 heavy (non-hydrogen) atoms. The van der Waals surface area contributed by atoms with E-state index in [4.69, 9.17) is 10.5 Å². The van der Waals surface area contributed by atoms with Gasteiger partial charge in [0.15, 0.2) is 0 Å². The van der Waals surface area contributed by atoms with E-state index in [1.54, 1.807) is 12.0 Å². The molecule has 0 atom stereocenters. The van der Waals surface area contributed by atoms with Crippen LogP contribution in [0.4, 0.5) is 5.69 Å². The highest BCUT2D eigenvalue weighted by molar-refractivity contribution is 5.96. The molecular weight excluding hydrogens is 204 g/mol. The van der Waals surface area contributed by atoms with Crippen LogP contribution in [0.3, 0.4) is 0 Å². The molecule has 1 aliphatic rings. The normalized spacial score (nSPS) is 15.1. The highest BCUT2D eigenvalue weighted by atomic mass is 16.5. The summed E-state index contributed by atoms with van der Waals surface area (Å²) in [6.07, 6.45) is 1.34. The van der Waals surface area contributed by atoms with Crippen LogP contribution < -0.4 is 10.6 Å². The van der Waals surface area contributed by atoms with Gasteiger partial charge in [0, 0.05) is 25.8 Å². The molecule has 86 valence electrons. The van der Waals surface area contributed by atoms with Crippen LogP contribution in [0, 0.1) is 0 Å². The lowest BCUT2D eigenvalue weighted by atomic mass is 9.99. The van der Waals surface area contributed by atoms with Crippen LogP contribution in [0.15, 0.2) is 18.2 Å². The molecule has 0 spiro atoms. The molecule has 4 heteroatoms. The fourth-order valence-corrected chi connectivity index (χ4v) is 2.01. The number of rotatable bonds is 3. The second kappa shape index (κ2) is 4.63. The van der Waals surface area contributed by atoms with Crippen LogP contribution in [0.5, 0.6) is 0 Å². The number of methoxy groups -OCH3 is 1. The minimum absolute atomic E-state index is 0.120. The third-order valence-corrected chi connectivity index (χ3v) is 2.84. The average molecular weight is 220 g/mol. The van der Waals surface area contributed by atoms with Gasteiger partial charge in [0.05, 0.1) is 0 Å². The van der Waals surface area contributed by atoms with Gasteiger partial charge < -0.3 is 10.5 Å². The fourth-order valence-electron chi connectivity index (χ4n) is 2.01. The third kappa shape index (κ3) is 1.94. The van der Waals surface area contributed by atoms with Crippen LogP contribution >= 0.6 is 0 Å². The Balaban J connectivity index is 2.36. The van der Waals surface area contributed by atoms with Gasteiger partial charge in [-0.3, -0.25) is 9.69 Å². The van der Waals surface area contributed by atoms with Gasteiger partial charge in [-0.2, -0.15) is 0 Å². The summed E-state index contributed by atoms with van der Waals surface area (Å²) in [4.78, 5) is 13.4. The highest BCUT2D eigenvalue weighted by Gasteiger charge is 2.23.